The van der Waals surface area contributed by atoms with Crippen molar-refractivity contribution in [1.29, 1.82) is 0 Å². The largest absolute Gasteiger partial charge is 0.497 e. The van der Waals surface area contributed by atoms with Crippen LogP contribution in [0.3, 0.4) is 0 Å². The molecule has 1 aromatic rings. The van der Waals surface area contributed by atoms with Crippen LogP contribution in [0.5, 0.6) is 5.75 Å². The number of hydrogen-bond acceptors (Lipinski definition) is 3. The van der Waals surface area contributed by atoms with Crippen LogP contribution in [-0.2, 0) is 0 Å². The van der Waals surface area contributed by atoms with Gasteiger partial charge in [-0.05, 0) is 31.5 Å². The first kappa shape index (κ1) is 21.5. The summed E-state index contributed by atoms with van der Waals surface area (Å²) in [5, 5.41) is 9.28. The molecule has 130 valence electrons. The summed E-state index contributed by atoms with van der Waals surface area (Å²) >= 11 is 0. The molecule has 6 nitrogen and oxygen atoms in total. The predicted molar refractivity (Wildman–Crippen MR) is 105 cm³/mol. The van der Waals surface area contributed by atoms with E-state index in [0.717, 1.165) is 12.4 Å². The number of amides is 1. The third-order valence-corrected chi connectivity index (χ3v) is 3.25. The Balaban J connectivity index is 0.00000484. The summed E-state index contributed by atoms with van der Waals surface area (Å²) in [6.45, 7) is 5.32. The standard InChI is InChI=1S/C16H26N4O2.HI/c1-5-12(2)20-16(17-3)19-10-9-18-15(21)13-7-6-8-14(11-13)22-4;/h6-8,11-12H,5,9-10H2,1-4H3,(H,18,21)(H2,17,19,20);1H. The third kappa shape index (κ3) is 8.06. The first-order valence-electron chi connectivity index (χ1n) is 7.50. The van der Waals surface area contributed by atoms with Crippen molar-refractivity contribution in [3.05, 3.63) is 29.8 Å². The van der Waals surface area contributed by atoms with E-state index in [1.165, 1.54) is 0 Å². The van der Waals surface area contributed by atoms with Gasteiger partial charge in [0, 0.05) is 31.7 Å². The lowest BCUT2D eigenvalue weighted by Crippen LogP contribution is -2.44. The molecule has 7 heteroatoms. The molecule has 0 aliphatic heterocycles. The quantitative estimate of drug-likeness (QED) is 0.266. The molecule has 23 heavy (non-hydrogen) atoms. The number of rotatable bonds is 7. The highest BCUT2D eigenvalue weighted by Crippen LogP contribution is 2.12. The van der Waals surface area contributed by atoms with Crippen LogP contribution in [0.2, 0.25) is 0 Å². The minimum Gasteiger partial charge on any atom is -0.497 e. The van der Waals surface area contributed by atoms with Gasteiger partial charge in [0.1, 0.15) is 5.75 Å². The van der Waals surface area contributed by atoms with Gasteiger partial charge in [0.15, 0.2) is 5.96 Å². The van der Waals surface area contributed by atoms with Gasteiger partial charge in [0.05, 0.1) is 7.11 Å². The number of benzene rings is 1. The van der Waals surface area contributed by atoms with Crippen molar-refractivity contribution in [3.8, 4) is 5.75 Å². The van der Waals surface area contributed by atoms with Crippen LogP contribution in [0.25, 0.3) is 0 Å². The molecule has 1 unspecified atom stereocenters. The van der Waals surface area contributed by atoms with Crippen molar-refractivity contribution in [2.45, 2.75) is 26.3 Å². The van der Waals surface area contributed by atoms with Crippen LogP contribution in [-0.4, -0.2) is 45.2 Å². The molecule has 0 saturated heterocycles. The van der Waals surface area contributed by atoms with Gasteiger partial charge in [-0.25, -0.2) is 0 Å². The van der Waals surface area contributed by atoms with E-state index in [1.54, 1.807) is 32.4 Å². The van der Waals surface area contributed by atoms with E-state index in [9.17, 15) is 4.79 Å². The SMILES string of the molecule is CCC(C)NC(=NC)NCCNC(=O)c1cccc(OC)c1.I. The summed E-state index contributed by atoms with van der Waals surface area (Å²) in [5.74, 6) is 1.29. The van der Waals surface area contributed by atoms with Crippen molar-refractivity contribution in [3.63, 3.8) is 0 Å². The lowest BCUT2D eigenvalue weighted by molar-refractivity contribution is 0.0954. The van der Waals surface area contributed by atoms with E-state index in [2.05, 4.69) is 34.8 Å². The molecule has 0 saturated carbocycles. The molecule has 1 rings (SSSR count). The third-order valence-electron chi connectivity index (χ3n) is 3.25. The Hall–Kier alpha value is -1.51. The van der Waals surface area contributed by atoms with Crippen molar-refractivity contribution in [2.24, 2.45) is 4.99 Å². The Labute approximate surface area is 155 Å². The summed E-state index contributed by atoms with van der Waals surface area (Å²) in [5.41, 5.74) is 0.585. The minimum atomic E-state index is -0.120. The van der Waals surface area contributed by atoms with Gasteiger partial charge < -0.3 is 20.7 Å². The van der Waals surface area contributed by atoms with E-state index < -0.39 is 0 Å². The number of guanidine groups is 1. The van der Waals surface area contributed by atoms with Gasteiger partial charge in [0.25, 0.3) is 5.91 Å². The molecular formula is C16H27IN4O2. The highest BCUT2D eigenvalue weighted by atomic mass is 127. The molecule has 0 heterocycles. The van der Waals surface area contributed by atoms with Gasteiger partial charge in [-0.2, -0.15) is 0 Å². The van der Waals surface area contributed by atoms with Crippen LogP contribution >= 0.6 is 24.0 Å². The first-order chi connectivity index (χ1) is 10.6. The van der Waals surface area contributed by atoms with Crippen molar-refractivity contribution >= 4 is 35.8 Å². The fraction of sp³-hybridized carbons (Fsp3) is 0.500. The van der Waals surface area contributed by atoms with Crippen LogP contribution < -0.4 is 20.7 Å². The Bertz CT molecular complexity index is 509. The van der Waals surface area contributed by atoms with E-state index in [4.69, 9.17) is 4.74 Å². The molecule has 1 atom stereocenters. The van der Waals surface area contributed by atoms with Crippen molar-refractivity contribution in [2.75, 3.05) is 27.2 Å². The Morgan fingerprint density at radius 3 is 2.61 bits per heavy atom. The number of nitrogens with one attached hydrogen (secondary N) is 3. The van der Waals surface area contributed by atoms with Gasteiger partial charge in [-0.1, -0.05) is 13.0 Å². The van der Waals surface area contributed by atoms with Crippen molar-refractivity contribution < 1.29 is 9.53 Å². The Morgan fingerprint density at radius 1 is 1.30 bits per heavy atom. The zero-order chi connectivity index (χ0) is 16.4. The summed E-state index contributed by atoms with van der Waals surface area (Å²) < 4.78 is 5.11. The molecule has 0 bridgehead atoms. The Morgan fingerprint density at radius 2 is 2.00 bits per heavy atom. The van der Waals surface area contributed by atoms with Gasteiger partial charge in [-0.15, -0.1) is 24.0 Å². The second-order valence-corrected chi connectivity index (χ2v) is 4.94. The zero-order valence-electron chi connectivity index (χ0n) is 14.2. The van der Waals surface area contributed by atoms with Crippen LogP contribution in [0.15, 0.2) is 29.3 Å². The van der Waals surface area contributed by atoms with E-state index in [0.29, 0.717) is 30.4 Å². The highest BCUT2D eigenvalue weighted by molar-refractivity contribution is 14.0. The average molecular weight is 434 g/mol. The highest BCUT2D eigenvalue weighted by Gasteiger charge is 2.06. The number of nitrogens with zero attached hydrogens (tertiary/aromatic N) is 1. The summed E-state index contributed by atoms with van der Waals surface area (Å²) in [6.07, 6.45) is 1.02. The summed E-state index contributed by atoms with van der Waals surface area (Å²) in [4.78, 5) is 16.1. The second kappa shape index (κ2) is 12.0. The molecule has 0 aromatic heterocycles. The lowest BCUT2D eigenvalue weighted by Gasteiger charge is -2.16. The second-order valence-electron chi connectivity index (χ2n) is 4.94. The fourth-order valence-electron chi connectivity index (χ4n) is 1.75. The van der Waals surface area contributed by atoms with Crippen LogP contribution in [0.1, 0.15) is 30.6 Å². The van der Waals surface area contributed by atoms with Crippen molar-refractivity contribution in [1.82, 2.24) is 16.0 Å². The van der Waals surface area contributed by atoms with E-state index >= 15 is 0 Å². The topological polar surface area (TPSA) is 74.8 Å². The number of carbonyl (C=O) groups is 1. The fourth-order valence-corrected chi connectivity index (χ4v) is 1.75. The van der Waals surface area contributed by atoms with Gasteiger partial charge in [-0.3, -0.25) is 9.79 Å². The van der Waals surface area contributed by atoms with Crippen LogP contribution in [0.4, 0.5) is 0 Å². The molecule has 1 aromatic carbocycles. The zero-order valence-corrected chi connectivity index (χ0v) is 16.5. The number of hydrogen-bond donors (Lipinski definition) is 3. The maximum absolute atomic E-state index is 12.0. The minimum absolute atomic E-state index is 0. The number of halogens is 1. The number of aliphatic imine (C=N–C) groups is 1. The van der Waals surface area contributed by atoms with E-state index in [-0.39, 0.29) is 29.9 Å². The molecule has 0 spiro atoms. The maximum atomic E-state index is 12.0. The molecule has 0 fully saturated rings. The van der Waals surface area contributed by atoms with Gasteiger partial charge >= 0.3 is 0 Å². The normalized spacial score (nSPS) is 11.9. The summed E-state index contributed by atoms with van der Waals surface area (Å²) in [6, 6.07) is 7.44. The number of methoxy groups -OCH3 is 1. The molecule has 0 aliphatic rings. The molecule has 0 radical (unpaired) electrons. The molecule has 0 aliphatic carbocycles. The summed E-state index contributed by atoms with van der Waals surface area (Å²) in [7, 11) is 3.31. The smallest absolute Gasteiger partial charge is 0.251 e. The first-order valence-corrected chi connectivity index (χ1v) is 7.50. The van der Waals surface area contributed by atoms with Gasteiger partial charge in [0.2, 0.25) is 0 Å². The maximum Gasteiger partial charge on any atom is 0.251 e. The molecule has 3 N–H and O–H groups in total. The monoisotopic (exact) mass is 434 g/mol. The van der Waals surface area contributed by atoms with Crippen LogP contribution in [0, 0.1) is 0 Å². The molecule has 1 amide bonds. The predicted octanol–water partition coefficient (Wildman–Crippen LogP) is 2.01. The number of ether oxygens (including phenoxy) is 1. The number of carbonyl (C=O) groups excluding carboxylic acids is 1. The average Bonchev–Trinajstić information content (AvgIpc) is 2.56. The molecular weight excluding hydrogens is 407 g/mol. The lowest BCUT2D eigenvalue weighted by atomic mass is 10.2. The van der Waals surface area contributed by atoms with E-state index in [1.807, 2.05) is 6.07 Å². The Kier molecular flexibility index (Phi) is 11.2.